The average molecular weight is 390 g/mol. The first-order valence-electron chi connectivity index (χ1n) is 9.33. The molecule has 1 aliphatic carbocycles. The molecule has 0 saturated heterocycles. The van der Waals surface area contributed by atoms with Gasteiger partial charge in [0.1, 0.15) is 11.4 Å². The van der Waals surface area contributed by atoms with E-state index in [-0.39, 0.29) is 18.0 Å². The second-order valence-corrected chi connectivity index (χ2v) is 8.12. The van der Waals surface area contributed by atoms with E-state index in [2.05, 4.69) is 15.3 Å². The molecule has 1 amide bonds. The number of nitrogens with zero attached hydrogens (tertiary/aromatic N) is 3. The summed E-state index contributed by atoms with van der Waals surface area (Å²) in [6.07, 6.45) is 7.31. The van der Waals surface area contributed by atoms with Crippen LogP contribution in [0.3, 0.4) is 0 Å². The van der Waals surface area contributed by atoms with Crippen LogP contribution in [-0.2, 0) is 24.2 Å². The SMILES string of the molecule is O=C(Cn1cnc2sc3c(c2c1=O)CCCC3)Nc1cnc2ccccc2c1. The van der Waals surface area contributed by atoms with E-state index in [4.69, 9.17) is 0 Å². The maximum atomic E-state index is 13.0. The molecule has 28 heavy (non-hydrogen) atoms. The van der Waals surface area contributed by atoms with Gasteiger partial charge in [-0.2, -0.15) is 0 Å². The van der Waals surface area contributed by atoms with Gasteiger partial charge in [0.15, 0.2) is 0 Å². The molecule has 6 nitrogen and oxygen atoms in total. The Morgan fingerprint density at radius 3 is 2.96 bits per heavy atom. The smallest absolute Gasteiger partial charge is 0.262 e. The van der Waals surface area contributed by atoms with Gasteiger partial charge in [0.05, 0.1) is 29.1 Å². The Morgan fingerprint density at radius 1 is 1.18 bits per heavy atom. The van der Waals surface area contributed by atoms with E-state index in [1.807, 2.05) is 30.3 Å². The molecule has 4 aromatic rings. The zero-order valence-corrected chi connectivity index (χ0v) is 16.0. The third kappa shape index (κ3) is 2.97. The zero-order valence-electron chi connectivity index (χ0n) is 15.1. The number of carbonyl (C=O) groups excluding carboxylic acids is 1. The molecule has 1 aliphatic rings. The van der Waals surface area contributed by atoms with E-state index < -0.39 is 0 Å². The lowest BCUT2D eigenvalue weighted by molar-refractivity contribution is -0.116. The van der Waals surface area contributed by atoms with Crippen molar-refractivity contribution in [2.75, 3.05) is 5.32 Å². The van der Waals surface area contributed by atoms with Crippen LogP contribution in [0.5, 0.6) is 0 Å². The molecule has 0 aliphatic heterocycles. The summed E-state index contributed by atoms with van der Waals surface area (Å²) < 4.78 is 1.40. The van der Waals surface area contributed by atoms with Crippen molar-refractivity contribution in [3.63, 3.8) is 0 Å². The van der Waals surface area contributed by atoms with Crippen LogP contribution in [0.25, 0.3) is 21.1 Å². The first kappa shape index (κ1) is 17.1. The molecule has 0 radical (unpaired) electrons. The fraction of sp³-hybridized carbons (Fsp3) is 0.238. The van der Waals surface area contributed by atoms with Crippen LogP contribution in [0, 0.1) is 0 Å². The summed E-state index contributed by atoms with van der Waals surface area (Å²) in [7, 11) is 0. The van der Waals surface area contributed by atoms with Crippen LogP contribution in [0.4, 0.5) is 5.69 Å². The summed E-state index contributed by atoms with van der Waals surface area (Å²) in [5.74, 6) is -0.274. The molecule has 1 aromatic carbocycles. The number of aromatic nitrogens is 3. The highest BCUT2D eigenvalue weighted by Crippen LogP contribution is 2.33. The van der Waals surface area contributed by atoms with E-state index in [0.29, 0.717) is 11.1 Å². The molecule has 0 saturated carbocycles. The molecular formula is C21H18N4O2S. The highest BCUT2D eigenvalue weighted by atomic mass is 32.1. The van der Waals surface area contributed by atoms with Gasteiger partial charge in [0.25, 0.3) is 5.56 Å². The topological polar surface area (TPSA) is 76.9 Å². The van der Waals surface area contributed by atoms with Gasteiger partial charge >= 0.3 is 0 Å². The Hall–Kier alpha value is -3.06. The first-order chi connectivity index (χ1) is 13.7. The number of nitrogens with one attached hydrogen (secondary N) is 1. The summed E-state index contributed by atoms with van der Waals surface area (Å²) in [5, 5.41) is 4.47. The molecule has 7 heteroatoms. The van der Waals surface area contributed by atoms with Crippen LogP contribution in [0.15, 0.2) is 47.7 Å². The lowest BCUT2D eigenvalue weighted by Crippen LogP contribution is -2.28. The van der Waals surface area contributed by atoms with Crippen molar-refractivity contribution < 1.29 is 4.79 Å². The molecule has 0 atom stereocenters. The number of aryl methyl sites for hydroxylation is 2. The van der Waals surface area contributed by atoms with Crippen LogP contribution in [0.1, 0.15) is 23.3 Å². The van der Waals surface area contributed by atoms with Crippen LogP contribution in [0.2, 0.25) is 0 Å². The van der Waals surface area contributed by atoms with Crippen molar-refractivity contribution in [1.82, 2.24) is 14.5 Å². The number of thiophene rings is 1. The summed E-state index contributed by atoms with van der Waals surface area (Å²) in [4.78, 5) is 36.3. The molecule has 140 valence electrons. The molecule has 0 bridgehead atoms. The number of hydrogen-bond acceptors (Lipinski definition) is 5. The summed E-state index contributed by atoms with van der Waals surface area (Å²) >= 11 is 1.61. The standard InChI is InChI=1S/C21H18N4O2S/c26-18(24-14-9-13-5-1-3-7-16(13)22-10-14)11-25-12-23-20-19(21(25)27)15-6-2-4-8-17(15)28-20/h1,3,5,7,9-10,12H,2,4,6,8,11H2,(H,24,26). The third-order valence-electron chi connectivity index (χ3n) is 5.13. The van der Waals surface area contributed by atoms with Gasteiger partial charge in [-0.25, -0.2) is 4.98 Å². The van der Waals surface area contributed by atoms with E-state index in [9.17, 15) is 9.59 Å². The van der Waals surface area contributed by atoms with E-state index >= 15 is 0 Å². The van der Waals surface area contributed by atoms with Gasteiger partial charge < -0.3 is 5.32 Å². The van der Waals surface area contributed by atoms with E-state index in [1.54, 1.807) is 17.5 Å². The Morgan fingerprint density at radius 2 is 2.04 bits per heavy atom. The molecule has 5 rings (SSSR count). The van der Waals surface area contributed by atoms with Crippen molar-refractivity contribution in [1.29, 1.82) is 0 Å². The molecule has 0 spiro atoms. The van der Waals surface area contributed by atoms with Crippen LogP contribution < -0.4 is 10.9 Å². The highest BCUT2D eigenvalue weighted by Gasteiger charge is 2.20. The number of hydrogen-bond donors (Lipinski definition) is 1. The lowest BCUT2D eigenvalue weighted by Gasteiger charge is -2.10. The number of amides is 1. The Bertz CT molecular complexity index is 1270. The van der Waals surface area contributed by atoms with Crippen LogP contribution >= 0.6 is 11.3 Å². The molecule has 1 N–H and O–H groups in total. The first-order valence-corrected chi connectivity index (χ1v) is 10.1. The predicted molar refractivity (Wildman–Crippen MR) is 111 cm³/mol. The number of anilines is 1. The van der Waals surface area contributed by atoms with Gasteiger partial charge in [-0.05, 0) is 43.4 Å². The van der Waals surface area contributed by atoms with Gasteiger partial charge in [0, 0.05) is 10.3 Å². The average Bonchev–Trinajstić information content (AvgIpc) is 3.09. The summed E-state index contributed by atoms with van der Waals surface area (Å²) in [6.45, 7) is -0.0702. The Balaban J connectivity index is 1.42. The highest BCUT2D eigenvalue weighted by molar-refractivity contribution is 7.18. The zero-order chi connectivity index (χ0) is 19.1. The normalized spacial score (nSPS) is 13.6. The number of para-hydroxylation sites is 1. The fourth-order valence-electron chi connectivity index (χ4n) is 3.79. The van der Waals surface area contributed by atoms with Gasteiger partial charge in [-0.3, -0.25) is 19.1 Å². The monoisotopic (exact) mass is 390 g/mol. The maximum Gasteiger partial charge on any atom is 0.262 e. The minimum Gasteiger partial charge on any atom is -0.323 e. The Kier molecular flexibility index (Phi) is 4.16. The van der Waals surface area contributed by atoms with Crippen molar-refractivity contribution >= 4 is 44.1 Å². The maximum absolute atomic E-state index is 13.0. The van der Waals surface area contributed by atoms with Crippen LogP contribution in [-0.4, -0.2) is 20.4 Å². The van der Waals surface area contributed by atoms with Crippen molar-refractivity contribution in [3.05, 3.63) is 63.7 Å². The molecule has 3 aromatic heterocycles. The second-order valence-electron chi connectivity index (χ2n) is 7.03. The van der Waals surface area contributed by atoms with Crippen molar-refractivity contribution in [2.24, 2.45) is 0 Å². The lowest BCUT2D eigenvalue weighted by atomic mass is 9.97. The van der Waals surface area contributed by atoms with Gasteiger partial charge in [-0.15, -0.1) is 11.3 Å². The minimum absolute atomic E-state index is 0.0702. The summed E-state index contributed by atoms with van der Waals surface area (Å²) in [6, 6.07) is 9.59. The second kappa shape index (κ2) is 6.83. The molecule has 3 heterocycles. The number of fused-ring (bicyclic) bond motifs is 4. The van der Waals surface area contributed by atoms with Gasteiger partial charge in [-0.1, -0.05) is 18.2 Å². The predicted octanol–water partition coefficient (Wildman–Crippen LogP) is 3.52. The molecular weight excluding hydrogens is 372 g/mol. The fourth-order valence-corrected chi connectivity index (χ4v) is 5.01. The number of carbonyl (C=O) groups is 1. The molecule has 0 fully saturated rings. The minimum atomic E-state index is -0.274. The largest absolute Gasteiger partial charge is 0.323 e. The van der Waals surface area contributed by atoms with E-state index in [1.165, 1.54) is 15.8 Å². The molecule has 0 unspecified atom stereocenters. The number of pyridine rings is 1. The van der Waals surface area contributed by atoms with Crippen molar-refractivity contribution in [3.8, 4) is 0 Å². The van der Waals surface area contributed by atoms with Gasteiger partial charge in [0.2, 0.25) is 5.91 Å². The Labute approximate surface area is 164 Å². The number of benzene rings is 1. The van der Waals surface area contributed by atoms with Crippen molar-refractivity contribution in [2.45, 2.75) is 32.2 Å². The number of rotatable bonds is 3. The summed E-state index contributed by atoms with van der Waals surface area (Å²) in [5.41, 5.74) is 2.49. The third-order valence-corrected chi connectivity index (χ3v) is 6.33. The quantitative estimate of drug-likeness (QED) is 0.581. The van der Waals surface area contributed by atoms with E-state index in [0.717, 1.165) is 47.0 Å².